The van der Waals surface area contributed by atoms with Crippen molar-refractivity contribution in [1.82, 2.24) is 15.5 Å². The minimum atomic E-state index is -1.45. The van der Waals surface area contributed by atoms with Crippen molar-refractivity contribution in [3.63, 3.8) is 0 Å². The quantitative estimate of drug-likeness (QED) is 0.257. The molecule has 0 aliphatic carbocycles. The molecular formula is C34H42FN3O4. The number of hydrogen-bond acceptors (Lipinski definition) is 5. The molecule has 3 N–H and O–H groups in total. The SMILES string of the molecule is CCc1cccc(-c2c(F)cccc2C(O)(CCCNC(=O)OC)C2CCCN(C(=O)c3ccc(CNC)cc3)C2)c1. The molecule has 2 amide bonds. The number of carbonyl (C=O) groups is 2. The number of aryl methyl sites for hydroxylation is 1. The monoisotopic (exact) mass is 575 g/mol. The minimum absolute atomic E-state index is 0.0828. The van der Waals surface area contributed by atoms with Gasteiger partial charge in [-0.05, 0) is 79.6 Å². The molecule has 1 aliphatic rings. The van der Waals surface area contributed by atoms with E-state index in [0.29, 0.717) is 61.2 Å². The lowest BCUT2D eigenvalue weighted by Gasteiger charge is -2.43. The molecule has 0 bridgehead atoms. The van der Waals surface area contributed by atoms with Gasteiger partial charge in [-0.15, -0.1) is 0 Å². The first-order chi connectivity index (χ1) is 20.3. The number of nitrogens with one attached hydrogen (secondary N) is 2. The third-order valence-corrected chi connectivity index (χ3v) is 8.26. The Morgan fingerprint density at radius 3 is 2.57 bits per heavy atom. The zero-order valence-corrected chi connectivity index (χ0v) is 24.8. The van der Waals surface area contributed by atoms with Gasteiger partial charge in [-0.3, -0.25) is 4.79 Å². The Bertz CT molecular complexity index is 1360. The van der Waals surface area contributed by atoms with Gasteiger partial charge in [0.1, 0.15) is 5.82 Å². The second-order valence-electron chi connectivity index (χ2n) is 11.0. The van der Waals surface area contributed by atoms with Crippen LogP contribution >= 0.6 is 0 Å². The number of amides is 2. The van der Waals surface area contributed by atoms with Crippen molar-refractivity contribution in [2.24, 2.45) is 5.92 Å². The molecule has 1 saturated heterocycles. The van der Waals surface area contributed by atoms with E-state index < -0.39 is 17.5 Å². The number of benzene rings is 3. The van der Waals surface area contributed by atoms with Crippen molar-refractivity contribution in [3.05, 3.63) is 94.8 Å². The Labute approximate surface area is 248 Å². The summed E-state index contributed by atoms with van der Waals surface area (Å²) in [7, 11) is 3.18. The van der Waals surface area contributed by atoms with E-state index in [0.717, 1.165) is 24.1 Å². The molecule has 2 atom stereocenters. The fourth-order valence-electron chi connectivity index (χ4n) is 6.01. The Balaban J connectivity index is 1.69. The lowest BCUT2D eigenvalue weighted by molar-refractivity contribution is -0.0564. The Morgan fingerprint density at radius 1 is 1.10 bits per heavy atom. The van der Waals surface area contributed by atoms with E-state index in [-0.39, 0.29) is 18.2 Å². The van der Waals surface area contributed by atoms with E-state index in [2.05, 4.69) is 10.6 Å². The highest BCUT2D eigenvalue weighted by molar-refractivity contribution is 5.94. The molecule has 3 aromatic rings. The van der Waals surface area contributed by atoms with Gasteiger partial charge in [-0.25, -0.2) is 9.18 Å². The molecule has 3 aromatic carbocycles. The van der Waals surface area contributed by atoms with Crippen LogP contribution in [0, 0.1) is 11.7 Å². The molecule has 0 radical (unpaired) electrons. The van der Waals surface area contributed by atoms with Crippen molar-refractivity contribution >= 4 is 12.0 Å². The predicted molar refractivity (Wildman–Crippen MR) is 163 cm³/mol. The average Bonchev–Trinajstić information content (AvgIpc) is 3.03. The summed E-state index contributed by atoms with van der Waals surface area (Å²) >= 11 is 0. The maximum absolute atomic E-state index is 15.7. The van der Waals surface area contributed by atoms with Crippen LogP contribution in [-0.2, 0) is 23.3 Å². The highest BCUT2D eigenvalue weighted by atomic mass is 19.1. The number of methoxy groups -OCH3 is 1. The van der Waals surface area contributed by atoms with Crippen LogP contribution in [0.4, 0.5) is 9.18 Å². The summed E-state index contributed by atoms with van der Waals surface area (Å²) < 4.78 is 20.4. The van der Waals surface area contributed by atoms with Crippen LogP contribution in [0.3, 0.4) is 0 Å². The lowest BCUT2D eigenvalue weighted by Crippen LogP contribution is -2.48. The Morgan fingerprint density at radius 2 is 1.86 bits per heavy atom. The van der Waals surface area contributed by atoms with Gasteiger partial charge < -0.3 is 25.4 Å². The standard InChI is InChI=1S/C34H42FN3O4/c1-4-24-9-5-10-27(21-24)31-29(12-6-13-30(31)35)34(41,18-8-19-37-33(40)42-3)28-11-7-20-38(23-28)32(39)26-16-14-25(15-17-26)22-36-2/h5-6,9-10,12-17,21,28,36,41H,4,7-8,11,18-20,22-23H2,1-3H3,(H,37,40). The van der Waals surface area contributed by atoms with Gasteiger partial charge in [0.2, 0.25) is 0 Å². The lowest BCUT2D eigenvalue weighted by atomic mass is 9.72. The molecule has 1 fully saturated rings. The fraction of sp³-hybridized carbons (Fsp3) is 0.412. The molecule has 1 aliphatic heterocycles. The number of hydrogen-bond donors (Lipinski definition) is 3. The number of piperidine rings is 1. The summed E-state index contributed by atoms with van der Waals surface area (Å²) in [5, 5.41) is 18.4. The van der Waals surface area contributed by atoms with E-state index >= 15 is 4.39 Å². The smallest absolute Gasteiger partial charge is 0.406 e. The van der Waals surface area contributed by atoms with Crippen LogP contribution < -0.4 is 10.6 Å². The van der Waals surface area contributed by atoms with E-state index in [1.807, 2.05) is 62.5 Å². The third-order valence-electron chi connectivity index (χ3n) is 8.26. The van der Waals surface area contributed by atoms with Crippen LogP contribution in [0.5, 0.6) is 0 Å². The molecule has 42 heavy (non-hydrogen) atoms. The average molecular weight is 576 g/mol. The maximum Gasteiger partial charge on any atom is 0.406 e. The van der Waals surface area contributed by atoms with Gasteiger partial charge in [0.05, 0.1) is 12.7 Å². The van der Waals surface area contributed by atoms with E-state index in [4.69, 9.17) is 4.74 Å². The van der Waals surface area contributed by atoms with E-state index in [1.165, 1.54) is 13.2 Å². The molecule has 224 valence electrons. The number of alkyl carbamates (subject to hydrolysis) is 1. The molecule has 0 aromatic heterocycles. The Hall–Kier alpha value is -3.75. The van der Waals surface area contributed by atoms with E-state index in [9.17, 15) is 14.7 Å². The van der Waals surface area contributed by atoms with Crippen LogP contribution in [0.15, 0.2) is 66.7 Å². The van der Waals surface area contributed by atoms with Crippen LogP contribution in [0.2, 0.25) is 0 Å². The zero-order chi connectivity index (χ0) is 30.1. The second kappa shape index (κ2) is 14.4. The number of halogens is 1. The van der Waals surface area contributed by atoms with Crippen molar-refractivity contribution in [2.75, 3.05) is 33.8 Å². The largest absolute Gasteiger partial charge is 0.453 e. The van der Waals surface area contributed by atoms with Gasteiger partial charge in [-0.2, -0.15) is 0 Å². The first-order valence-electron chi connectivity index (χ1n) is 14.8. The summed E-state index contributed by atoms with van der Waals surface area (Å²) in [6, 6.07) is 20.2. The zero-order valence-electron chi connectivity index (χ0n) is 24.8. The molecule has 0 spiro atoms. The summed E-state index contributed by atoms with van der Waals surface area (Å²) in [5.74, 6) is -0.829. The topological polar surface area (TPSA) is 90.9 Å². The van der Waals surface area contributed by atoms with Gasteiger partial charge >= 0.3 is 6.09 Å². The van der Waals surface area contributed by atoms with Crippen LogP contribution in [-0.4, -0.2) is 55.8 Å². The summed E-state index contributed by atoms with van der Waals surface area (Å²) in [6.45, 7) is 3.98. The normalized spacial score (nSPS) is 16.5. The first kappa shape index (κ1) is 31.2. The molecule has 7 nitrogen and oxygen atoms in total. The van der Waals surface area contributed by atoms with Crippen molar-refractivity contribution in [3.8, 4) is 11.1 Å². The van der Waals surface area contributed by atoms with Crippen LogP contribution in [0.25, 0.3) is 11.1 Å². The maximum atomic E-state index is 15.7. The molecule has 2 unspecified atom stereocenters. The highest BCUT2D eigenvalue weighted by Gasteiger charge is 2.43. The summed E-state index contributed by atoms with van der Waals surface area (Å²) in [4.78, 5) is 27.0. The summed E-state index contributed by atoms with van der Waals surface area (Å²) in [6.07, 6.45) is 2.36. The molecule has 0 saturated carbocycles. The summed E-state index contributed by atoms with van der Waals surface area (Å²) in [5.41, 5.74) is 2.90. The number of nitrogens with zero attached hydrogens (tertiary/aromatic N) is 1. The van der Waals surface area contributed by atoms with Gasteiger partial charge in [0.25, 0.3) is 5.91 Å². The van der Waals surface area contributed by atoms with Gasteiger partial charge in [-0.1, -0.05) is 55.5 Å². The van der Waals surface area contributed by atoms with E-state index in [1.54, 1.807) is 17.0 Å². The van der Waals surface area contributed by atoms with Gasteiger partial charge in [0, 0.05) is 43.2 Å². The number of carbonyl (C=O) groups excluding carboxylic acids is 2. The fourth-order valence-corrected chi connectivity index (χ4v) is 6.01. The molecule has 4 rings (SSSR count). The van der Waals surface area contributed by atoms with Gasteiger partial charge in [0.15, 0.2) is 0 Å². The molecule has 8 heteroatoms. The molecular weight excluding hydrogens is 533 g/mol. The van der Waals surface area contributed by atoms with Crippen molar-refractivity contribution in [2.45, 2.75) is 51.2 Å². The number of likely N-dealkylation sites (tertiary alicyclic amines) is 1. The Kier molecular flexibility index (Phi) is 10.7. The van der Waals surface area contributed by atoms with Crippen molar-refractivity contribution in [1.29, 1.82) is 0 Å². The van der Waals surface area contributed by atoms with Crippen LogP contribution in [0.1, 0.15) is 59.7 Å². The number of rotatable bonds is 11. The number of aliphatic hydroxyl groups is 1. The predicted octanol–water partition coefficient (Wildman–Crippen LogP) is 5.65. The highest BCUT2D eigenvalue weighted by Crippen LogP contribution is 2.44. The third kappa shape index (κ3) is 7.17. The minimum Gasteiger partial charge on any atom is -0.453 e. The number of ether oxygens (including phenoxy) is 1. The van der Waals surface area contributed by atoms with Crippen molar-refractivity contribution < 1.29 is 23.8 Å². The second-order valence-corrected chi connectivity index (χ2v) is 11.0. The molecule has 1 heterocycles. The first-order valence-corrected chi connectivity index (χ1v) is 14.8.